The number of carbonyl (C=O) groups is 1. The number of rotatable bonds is 4. The van der Waals surface area contributed by atoms with Crippen LogP contribution in [0, 0.1) is 0 Å². The Bertz CT molecular complexity index is 943. The van der Waals surface area contributed by atoms with E-state index in [1.54, 1.807) is 6.20 Å². The largest absolute Gasteiger partial charge is 0.489 e. The fraction of sp³-hybridized carbons (Fsp3) is 0.190. The molecule has 6 heteroatoms. The van der Waals surface area contributed by atoms with Crippen LogP contribution in [0.4, 0.5) is 4.79 Å². The van der Waals surface area contributed by atoms with Gasteiger partial charge in [-0.05, 0) is 29.8 Å². The van der Waals surface area contributed by atoms with Crippen LogP contribution in [-0.4, -0.2) is 32.6 Å². The third-order valence-electron chi connectivity index (χ3n) is 4.57. The molecule has 0 unspecified atom stereocenters. The minimum Gasteiger partial charge on any atom is -0.489 e. The van der Waals surface area contributed by atoms with E-state index < -0.39 is 6.09 Å². The van der Waals surface area contributed by atoms with Crippen molar-refractivity contribution in [2.24, 2.45) is 0 Å². The van der Waals surface area contributed by atoms with Crippen LogP contribution in [0.5, 0.6) is 5.75 Å². The van der Waals surface area contributed by atoms with Gasteiger partial charge in [0, 0.05) is 30.3 Å². The maximum atomic E-state index is 11.1. The van der Waals surface area contributed by atoms with Crippen LogP contribution in [0.2, 0.25) is 0 Å². The van der Waals surface area contributed by atoms with Gasteiger partial charge >= 0.3 is 6.09 Å². The molecular weight excluding hydrogens is 342 g/mol. The highest BCUT2D eigenvalue weighted by Gasteiger charge is 2.21. The summed E-state index contributed by atoms with van der Waals surface area (Å²) >= 11 is 0. The predicted octanol–water partition coefficient (Wildman–Crippen LogP) is 3.76. The van der Waals surface area contributed by atoms with E-state index in [9.17, 15) is 4.79 Å². The minimum atomic E-state index is -0.907. The van der Waals surface area contributed by atoms with Gasteiger partial charge in [-0.15, -0.1) is 0 Å². The van der Waals surface area contributed by atoms with Crippen molar-refractivity contribution in [1.29, 1.82) is 0 Å². The van der Waals surface area contributed by atoms with Gasteiger partial charge in [-0.25, -0.2) is 14.8 Å². The molecule has 4 rings (SSSR count). The molecular formula is C21H19N3O3. The summed E-state index contributed by atoms with van der Waals surface area (Å²) < 4.78 is 5.81. The van der Waals surface area contributed by atoms with Crippen LogP contribution in [0.25, 0.3) is 11.4 Å². The number of hydrogen-bond donors (Lipinski definition) is 1. The zero-order valence-corrected chi connectivity index (χ0v) is 14.7. The molecule has 0 saturated carbocycles. The molecule has 0 aliphatic carbocycles. The number of hydrogen-bond acceptors (Lipinski definition) is 4. The van der Waals surface area contributed by atoms with E-state index in [1.165, 1.54) is 4.90 Å². The number of nitrogens with zero attached hydrogens (tertiary/aromatic N) is 3. The van der Waals surface area contributed by atoms with Gasteiger partial charge in [0.25, 0.3) is 0 Å². The van der Waals surface area contributed by atoms with Gasteiger partial charge in [0.2, 0.25) is 0 Å². The Hall–Kier alpha value is -3.41. The van der Waals surface area contributed by atoms with Gasteiger partial charge in [0.1, 0.15) is 12.4 Å². The third kappa shape index (κ3) is 3.89. The van der Waals surface area contributed by atoms with E-state index in [0.29, 0.717) is 31.9 Å². The summed E-state index contributed by atoms with van der Waals surface area (Å²) in [5.41, 5.74) is 3.82. The van der Waals surface area contributed by atoms with Crippen LogP contribution in [-0.2, 0) is 19.6 Å². The Morgan fingerprint density at radius 2 is 1.89 bits per heavy atom. The van der Waals surface area contributed by atoms with E-state index in [1.807, 2.05) is 54.6 Å². The van der Waals surface area contributed by atoms with E-state index in [0.717, 1.165) is 28.1 Å². The topological polar surface area (TPSA) is 75.5 Å². The van der Waals surface area contributed by atoms with Crippen molar-refractivity contribution in [2.45, 2.75) is 19.6 Å². The molecule has 27 heavy (non-hydrogen) atoms. The minimum absolute atomic E-state index is 0.344. The first-order chi connectivity index (χ1) is 13.2. The lowest BCUT2D eigenvalue weighted by Gasteiger charge is -2.25. The van der Waals surface area contributed by atoms with Crippen molar-refractivity contribution in [1.82, 2.24) is 14.9 Å². The third-order valence-corrected chi connectivity index (χ3v) is 4.57. The van der Waals surface area contributed by atoms with Crippen molar-refractivity contribution in [2.75, 3.05) is 6.54 Å². The second-order valence-electron chi connectivity index (χ2n) is 6.42. The number of ether oxygens (including phenoxy) is 1. The molecule has 136 valence electrons. The number of carboxylic acid groups (broad SMARTS) is 1. The zero-order valence-electron chi connectivity index (χ0n) is 14.7. The summed E-state index contributed by atoms with van der Waals surface area (Å²) in [4.78, 5) is 21.5. The van der Waals surface area contributed by atoms with Crippen LogP contribution < -0.4 is 4.74 Å². The first-order valence-corrected chi connectivity index (χ1v) is 8.79. The van der Waals surface area contributed by atoms with E-state index in [-0.39, 0.29) is 0 Å². The van der Waals surface area contributed by atoms with Gasteiger partial charge in [-0.2, -0.15) is 0 Å². The van der Waals surface area contributed by atoms with Crippen molar-refractivity contribution in [3.8, 4) is 17.1 Å². The molecule has 0 atom stereocenters. The van der Waals surface area contributed by atoms with Gasteiger partial charge in [-0.1, -0.05) is 30.3 Å². The molecule has 0 fully saturated rings. The predicted molar refractivity (Wildman–Crippen MR) is 100 cm³/mol. The first kappa shape index (κ1) is 17.0. The summed E-state index contributed by atoms with van der Waals surface area (Å²) in [5, 5.41) is 9.11. The maximum absolute atomic E-state index is 11.1. The Balaban J connectivity index is 1.45. The van der Waals surface area contributed by atoms with Crippen LogP contribution in [0.15, 0.2) is 60.8 Å². The fourth-order valence-electron chi connectivity index (χ4n) is 3.06. The zero-order chi connectivity index (χ0) is 18.6. The summed E-state index contributed by atoms with van der Waals surface area (Å²) in [6.45, 7) is 1.33. The molecule has 0 bridgehead atoms. The van der Waals surface area contributed by atoms with Gasteiger partial charge in [0.05, 0.1) is 12.2 Å². The number of aromatic nitrogens is 2. The summed E-state index contributed by atoms with van der Waals surface area (Å²) in [7, 11) is 0. The molecule has 1 N–H and O–H groups in total. The average molecular weight is 361 g/mol. The van der Waals surface area contributed by atoms with Crippen LogP contribution in [0.1, 0.15) is 16.8 Å². The lowest BCUT2D eigenvalue weighted by Crippen LogP contribution is -2.35. The van der Waals surface area contributed by atoms with Gasteiger partial charge < -0.3 is 14.7 Å². The van der Waals surface area contributed by atoms with Crippen LogP contribution >= 0.6 is 0 Å². The molecule has 1 aliphatic heterocycles. The lowest BCUT2D eigenvalue weighted by molar-refractivity contribution is 0.139. The van der Waals surface area contributed by atoms with E-state index >= 15 is 0 Å². The highest BCUT2D eigenvalue weighted by Crippen LogP contribution is 2.23. The number of benzene rings is 2. The lowest BCUT2D eigenvalue weighted by atomic mass is 10.1. The van der Waals surface area contributed by atoms with Crippen molar-refractivity contribution < 1.29 is 14.6 Å². The SMILES string of the molecule is O=C(O)N1CCc2nc(-c3ccc(OCc4ccccc4)cc3)ncc2C1. The number of fused-ring (bicyclic) bond motifs is 1. The average Bonchev–Trinajstić information content (AvgIpc) is 2.72. The molecule has 0 saturated heterocycles. The normalized spacial score (nSPS) is 13.1. The van der Waals surface area contributed by atoms with Crippen molar-refractivity contribution >= 4 is 6.09 Å². The number of amides is 1. The highest BCUT2D eigenvalue weighted by molar-refractivity contribution is 5.65. The molecule has 6 nitrogen and oxygen atoms in total. The molecule has 1 amide bonds. The van der Waals surface area contributed by atoms with E-state index in [2.05, 4.69) is 9.97 Å². The quantitative estimate of drug-likeness (QED) is 0.766. The Kier molecular flexibility index (Phi) is 4.70. The standard InChI is InChI=1S/C21H19N3O3/c25-21(26)24-11-10-19-17(13-24)12-22-20(23-19)16-6-8-18(9-7-16)27-14-15-4-2-1-3-5-15/h1-9,12H,10-11,13-14H2,(H,25,26). The van der Waals surface area contributed by atoms with Crippen molar-refractivity contribution in [3.05, 3.63) is 77.6 Å². The molecule has 1 aromatic heterocycles. The Morgan fingerprint density at radius 3 is 2.63 bits per heavy atom. The van der Waals surface area contributed by atoms with E-state index in [4.69, 9.17) is 9.84 Å². The highest BCUT2D eigenvalue weighted by atomic mass is 16.5. The van der Waals surface area contributed by atoms with Crippen molar-refractivity contribution in [3.63, 3.8) is 0 Å². The molecule has 1 aliphatic rings. The summed E-state index contributed by atoms with van der Waals surface area (Å²) in [6.07, 6.45) is 1.43. The monoisotopic (exact) mass is 361 g/mol. The fourth-order valence-corrected chi connectivity index (χ4v) is 3.06. The first-order valence-electron chi connectivity index (χ1n) is 8.79. The van der Waals surface area contributed by atoms with Gasteiger partial charge in [-0.3, -0.25) is 0 Å². The summed E-state index contributed by atoms with van der Waals surface area (Å²) in [5.74, 6) is 1.43. The molecule has 3 aromatic rings. The maximum Gasteiger partial charge on any atom is 0.407 e. The molecule has 0 radical (unpaired) electrons. The second kappa shape index (κ2) is 7.45. The molecule has 0 spiro atoms. The van der Waals surface area contributed by atoms with Gasteiger partial charge in [0.15, 0.2) is 5.82 Å². The molecule has 2 aromatic carbocycles. The van der Waals surface area contributed by atoms with Crippen LogP contribution in [0.3, 0.4) is 0 Å². The Labute approximate surface area is 157 Å². The molecule has 2 heterocycles. The second-order valence-corrected chi connectivity index (χ2v) is 6.42. The summed E-state index contributed by atoms with van der Waals surface area (Å²) in [6, 6.07) is 17.7. The smallest absolute Gasteiger partial charge is 0.407 e. The Morgan fingerprint density at radius 1 is 1.11 bits per heavy atom.